The van der Waals surface area contributed by atoms with E-state index in [1.54, 1.807) is 5.38 Å². The molecule has 3 N–H and O–H groups in total. The zero-order valence-electron chi connectivity index (χ0n) is 8.57. The minimum absolute atomic E-state index is 0.111. The van der Waals surface area contributed by atoms with Gasteiger partial charge in [0.2, 0.25) is 0 Å². The maximum absolute atomic E-state index is 11.5. The van der Waals surface area contributed by atoms with Crippen molar-refractivity contribution < 1.29 is 4.79 Å². The van der Waals surface area contributed by atoms with Crippen LogP contribution in [0.25, 0.3) is 0 Å². The summed E-state index contributed by atoms with van der Waals surface area (Å²) >= 11 is 1.42. The van der Waals surface area contributed by atoms with Gasteiger partial charge in [0, 0.05) is 11.4 Å². The summed E-state index contributed by atoms with van der Waals surface area (Å²) in [5.41, 5.74) is 6.10. The summed E-state index contributed by atoms with van der Waals surface area (Å²) in [5.74, 6) is -0.136. The fourth-order valence-corrected chi connectivity index (χ4v) is 1.69. The number of thiazole rings is 1. The molecular formula is C9H15N3OS. The van der Waals surface area contributed by atoms with Crippen LogP contribution in [0.3, 0.4) is 0 Å². The molecule has 0 saturated heterocycles. The number of nitrogens with two attached hydrogens (primary N) is 1. The van der Waals surface area contributed by atoms with Gasteiger partial charge in [-0.1, -0.05) is 0 Å². The van der Waals surface area contributed by atoms with E-state index >= 15 is 0 Å². The molecule has 0 saturated carbocycles. The van der Waals surface area contributed by atoms with Crippen molar-refractivity contribution in [2.24, 2.45) is 5.73 Å². The number of carbonyl (C=O) groups is 1. The zero-order valence-corrected chi connectivity index (χ0v) is 9.39. The molecule has 0 aliphatic rings. The second-order valence-corrected chi connectivity index (χ2v) is 4.38. The molecule has 0 aromatic carbocycles. The van der Waals surface area contributed by atoms with E-state index < -0.39 is 0 Å². The highest BCUT2D eigenvalue weighted by Gasteiger charge is 2.12. The van der Waals surface area contributed by atoms with E-state index in [0.29, 0.717) is 5.69 Å². The van der Waals surface area contributed by atoms with Crippen molar-refractivity contribution in [3.63, 3.8) is 0 Å². The lowest BCUT2D eigenvalue weighted by Crippen LogP contribution is -2.30. The second-order valence-electron chi connectivity index (χ2n) is 3.49. The molecule has 1 aromatic heterocycles. The minimum Gasteiger partial charge on any atom is -0.349 e. The van der Waals surface area contributed by atoms with Crippen LogP contribution in [0.15, 0.2) is 5.38 Å². The van der Waals surface area contributed by atoms with Crippen LogP contribution < -0.4 is 11.1 Å². The van der Waals surface area contributed by atoms with Gasteiger partial charge < -0.3 is 11.1 Å². The predicted molar refractivity (Wildman–Crippen MR) is 57.3 cm³/mol. The molecule has 0 aliphatic carbocycles. The van der Waals surface area contributed by atoms with Crippen LogP contribution in [0.5, 0.6) is 0 Å². The molecule has 1 rings (SSSR count). The first-order valence-electron chi connectivity index (χ1n) is 4.52. The number of hydrogen-bond acceptors (Lipinski definition) is 4. The summed E-state index contributed by atoms with van der Waals surface area (Å²) in [7, 11) is 0. The molecular weight excluding hydrogens is 198 g/mol. The number of hydrogen-bond donors (Lipinski definition) is 2. The van der Waals surface area contributed by atoms with Gasteiger partial charge in [-0.2, -0.15) is 0 Å². The Morgan fingerprint density at radius 3 is 2.64 bits per heavy atom. The highest BCUT2D eigenvalue weighted by Crippen LogP contribution is 2.15. The van der Waals surface area contributed by atoms with Crippen LogP contribution in [-0.2, 0) is 0 Å². The van der Waals surface area contributed by atoms with Crippen LogP contribution >= 0.6 is 11.3 Å². The molecule has 0 aliphatic heterocycles. The molecule has 1 aromatic rings. The van der Waals surface area contributed by atoms with Gasteiger partial charge in [-0.3, -0.25) is 4.79 Å². The fourth-order valence-electron chi connectivity index (χ4n) is 0.937. The van der Waals surface area contributed by atoms with Crippen molar-refractivity contribution in [1.29, 1.82) is 0 Å². The van der Waals surface area contributed by atoms with Gasteiger partial charge in [0.15, 0.2) is 0 Å². The van der Waals surface area contributed by atoms with Gasteiger partial charge in [-0.25, -0.2) is 4.98 Å². The fraction of sp³-hybridized carbons (Fsp3) is 0.556. The van der Waals surface area contributed by atoms with E-state index in [-0.39, 0.29) is 18.0 Å². The van der Waals surface area contributed by atoms with E-state index in [9.17, 15) is 4.79 Å². The van der Waals surface area contributed by atoms with Gasteiger partial charge in [0.05, 0.1) is 6.04 Å². The van der Waals surface area contributed by atoms with Crippen LogP contribution in [0.2, 0.25) is 0 Å². The lowest BCUT2D eigenvalue weighted by Gasteiger charge is -2.05. The van der Waals surface area contributed by atoms with Crippen LogP contribution in [0.4, 0.5) is 0 Å². The van der Waals surface area contributed by atoms with Crippen LogP contribution in [0, 0.1) is 0 Å². The van der Waals surface area contributed by atoms with E-state index in [1.807, 2.05) is 20.8 Å². The standard InChI is InChI=1S/C9H15N3OS/c1-5(2)11-8(13)7-4-14-9(12-7)6(3)10/h4-6H,10H2,1-3H3,(H,11,13). The third-order valence-corrected chi connectivity index (χ3v) is 2.61. The van der Waals surface area contributed by atoms with E-state index in [0.717, 1.165) is 5.01 Å². The second kappa shape index (κ2) is 4.52. The first-order valence-corrected chi connectivity index (χ1v) is 5.40. The molecule has 0 radical (unpaired) electrons. The van der Waals surface area contributed by atoms with Crippen molar-refractivity contribution in [1.82, 2.24) is 10.3 Å². The first-order chi connectivity index (χ1) is 6.50. The largest absolute Gasteiger partial charge is 0.349 e. The monoisotopic (exact) mass is 213 g/mol. The maximum atomic E-state index is 11.5. The highest BCUT2D eigenvalue weighted by molar-refractivity contribution is 7.09. The number of nitrogens with one attached hydrogen (secondary N) is 1. The summed E-state index contributed by atoms with van der Waals surface area (Å²) in [4.78, 5) is 15.6. The minimum atomic E-state index is -0.136. The van der Waals surface area contributed by atoms with Gasteiger partial charge >= 0.3 is 0 Å². The van der Waals surface area contributed by atoms with E-state index in [4.69, 9.17) is 5.73 Å². The molecule has 0 fully saturated rings. The third kappa shape index (κ3) is 2.78. The number of nitrogens with zero attached hydrogens (tertiary/aromatic N) is 1. The van der Waals surface area contributed by atoms with Crippen LogP contribution in [0.1, 0.15) is 42.3 Å². The quantitative estimate of drug-likeness (QED) is 0.795. The predicted octanol–water partition coefficient (Wildman–Crippen LogP) is 1.30. The van der Waals surface area contributed by atoms with E-state index in [1.165, 1.54) is 11.3 Å². The SMILES string of the molecule is CC(C)NC(=O)c1csc(C(C)N)n1. The molecule has 0 spiro atoms. The molecule has 5 heteroatoms. The topological polar surface area (TPSA) is 68.0 Å². The van der Waals surface area contributed by atoms with Crippen molar-refractivity contribution in [2.45, 2.75) is 32.9 Å². The third-order valence-electron chi connectivity index (χ3n) is 1.56. The van der Waals surface area contributed by atoms with Crippen molar-refractivity contribution in [3.05, 3.63) is 16.1 Å². The molecule has 1 unspecified atom stereocenters. The van der Waals surface area contributed by atoms with E-state index in [2.05, 4.69) is 10.3 Å². The Labute approximate surface area is 87.5 Å². The van der Waals surface area contributed by atoms with Gasteiger partial charge in [0.1, 0.15) is 10.7 Å². The Kier molecular flexibility index (Phi) is 3.60. The first kappa shape index (κ1) is 11.1. The molecule has 0 bridgehead atoms. The molecule has 4 nitrogen and oxygen atoms in total. The molecule has 14 heavy (non-hydrogen) atoms. The zero-order chi connectivity index (χ0) is 10.7. The lowest BCUT2D eigenvalue weighted by molar-refractivity contribution is 0.0938. The summed E-state index contributed by atoms with van der Waals surface area (Å²) in [6, 6.07) is 0.0172. The smallest absolute Gasteiger partial charge is 0.270 e. The highest BCUT2D eigenvalue weighted by atomic mass is 32.1. The molecule has 1 atom stereocenters. The number of rotatable bonds is 3. The average molecular weight is 213 g/mol. The van der Waals surface area contributed by atoms with Crippen molar-refractivity contribution >= 4 is 17.2 Å². The number of amides is 1. The summed E-state index contributed by atoms with van der Waals surface area (Å²) in [5, 5.41) is 5.30. The summed E-state index contributed by atoms with van der Waals surface area (Å²) in [6.07, 6.45) is 0. The Morgan fingerprint density at radius 2 is 2.21 bits per heavy atom. The molecule has 1 amide bonds. The molecule has 78 valence electrons. The number of aromatic nitrogens is 1. The van der Waals surface area contributed by atoms with Crippen LogP contribution in [-0.4, -0.2) is 16.9 Å². The Bertz CT molecular complexity index is 320. The van der Waals surface area contributed by atoms with Gasteiger partial charge in [-0.15, -0.1) is 11.3 Å². The molecule has 1 heterocycles. The normalized spacial score (nSPS) is 12.9. The van der Waals surface area contributed by atoms with Gasteiger partial charge in [0.25, 0.3) is 5.91 Å². The average Bonchev–Trinajstić information content (AvgIpc) is 2.50. The summed E-state index contributed by atoms with van der Waals surface area (Å²) < 4.78 is 0. The Hall–Kier alpha value is -0.940. The maximum Gasteiger partial charge on any atom is 0.270 e. The summed E-state index contributed by atoms with van der Waals surface area (Å²) in [6.45, 7) is 5.68. The lowest BCUT2D eigenvalue weighted by atomic mass is 10.3. The Morgan fingerprint density at radius 1 is 1.57 bits per heavy atom. The number of carbonyl (C=O) groups excluding carboxylic acids is 1. The van der Waals surface area contributed by atoms with Gasteiger partial charge in [-0.05, 0) is 20.8 Å². The van der Waals surface area contributed by atoms with Crippen molar-refractivity contribution in [2.75, 3.05) is 0 Å². The Balaban J connectivity index is 2.71. The van der Waals surface area contributed by atoms with Crippen molar-refractivity contribution in [3.8, 4) is 0 Å².